The lowest BCUT2D eigenvalue weighted by Gasteiger charge is -2.30. The van der Waals surface area contributed by atoms with E-state index in [1.807, 2.05) is 12.1 Å². The van der Waals surface area contributed by atoms with Crippen LogP contribution in [0.25, 0.3) is 0 Å². The average Bonchev–Trinajstić information content (AvgIpc) is 2.53. The fourth-order valence-electron chi connectivity index (χ4n) is 2.26. The van der Waals surface area contributed by atoms with E-state index in [-0.39, 0.29) is 11.6 Å². The predicted molar refractivity (Wildman–Crippen MR) is 55.6 cm³/mol. The maximum atomic E-state index is 5.59. The van der Waals surface area contributed by atoms with Gasteiger partial charge in [-0.1, -0.05) is 24.3 Å². The van der Waals surface area contributed by atoms with Crippen molar-refractivity contribution in [3.63, 3.8) is 0 Å². The number of nitrogens with two attached hydrogens (primary N) is 1. The molecule has 2 atom stereocenters. The molecule has 0 amide bonds. The van der Waals surface area contributed by atoms with Crippen LogP contribution in [0.2, 0.25) is 0 Å². The van der Waals surface area contributed by atoms with E-state index in [0.29, 0.717) is 0 Å². The van der Waals surface area contributed by atoms with Crippen LogP contribution in [0, 0.1) is 0 Å². The van der Waals surface area contributed by atoms with Crippen LogP contribution < -0.4 is 11.3 Å². The minimum Gasteiger partial charge on any atom is -0.372 e. The van der Waals surface area contributed by atoms with Crippen molar-refractivity contribution >= 4 is 0 Å². The summed E-state index contributed by atoms with van der Waals surface area (Å²) in [5.74, 6) is 5.53. The van der Waals surface area contributed by atoms with Gasteiger partial charge in [0.25, 0.3) is 0 Å². The summed E-state index contributed by atoms with van der Waals surface area (Å²) in [6, 6.07) is 8.48. The summed E-state index contributed by atoms with van der Waals surface area (Å²) in [6.07, 6.45) is 0.928. The zero-order chi connectivity index (χ0) is 10.2. The van der Waals surface area contributed by atoms with Gasteiger partial charge in [0, 0.05) is 7.11 Å². The van der Waals surface area contributed by atoms with Gasteiger partial charge in [0.15, 0.2) is 0 Å². The first-order valence-corrected chi connectivity index (χ1v) is 4.82. The molecule has 0 saturated carbocycles. The Hall–Kier alpha value is -0.900. The number of benzene rings is 1. The number of hydrogen-bond donors (Lipinski definition) is 2. The number of methoxy groups -OCH3 is 1. The fourth-order valence-corrected chi connectivity index (χ4v) is 2.26. The van der Waals surface area contributed by atoms with Crippen LogP contribution in [0.15, 0.2) is 24.3 Å². The quantitative estimate of drug-likeness (QED) is 0.541. The third kappa shape index (κ3) is 1.17. The molecule has 0 fully saturated rings. The van der Waals surface area contributed by atoms with Crippen LogP contribution in [0.5, 0.6) is 0 Å². The Morgan fingerprint density at radius 3 is 2.86 bits per heavy atom. The molecule has 0 saturated heterocycles. The zero-order valence-electron chi connectivity index (χ0n) is 8.58. The van der Waals surface area contributed by atoms with Crippen molar-refractivity contribution in [2.45, 2.75) is 25.0 Å². The van der Waals surface area contributed by atoms with Crippen LogP contribution >= 0.6 is 0 Å². The number of ether oxygens (including phenoxy) is 1. The smallest absolute Gasteiger partial charge is 0.107 e. The van der Waals surface area contributed by atoms with Gasteiger partial charge in [0.2, 0.25) is 0 Å². The Bertz CT molecular complexity index is 340. The van der Waals surface area contributed by atoms with Gasteiger partial charge in [-0.3, -0.25) is 11.3 Å². The lowest BCUT2D eigenvalue weighted by atomic mass is 9.95. The minimum atomic E-state index is -0.300. The summed E-state index contributed by atoms with van der Waals surface area (Å²) in [4.78, 5) is 0. The number of hydrazine groups is 1. The van der Waals surface area contributed by atoms with Crippen molar-refractivity contribution in [2.24, 2.45) is 5.84 Å². The molecule has 0 aliphatic heterocycles. The Labute approximate surface area is 84.2 Å². The van der Waals surface area contributed by atoms with E-state index in [1.165, 1.54) is 11.1 Å². The number of hydrogen-bond acceptors (Lipinski definition) is 3. The molecule has 1 aromatic rings. The third-order valence-corrected chi connectivity index (χ3v) is 3.27. The highest BCUT2D eigenvalue weighted by atomic mass is 16.5. The van der Waals surface area contributed by atoms with E-state index in [4.69, 9.17) is 10.6 Å². The Morgan fingerprint density at radius 2 is 2.21 bits per heavy atom. The number of fused-ring (bicyclic) bond motifs is 1. The summed E-state index contributed by atoms with van der Waals surface area (Å²) in [5.41, 5.74) is 5.09. The van der Waals surface area contributed by atoms with Crippen LogP contribution in [0.1, 0.15) is 18.1 Å². The molecule has 0 aromatic heterocycles. The lowest BCUT2D eigenvalue weighted by Crippen LogP contribution is -2.48. The second-order valence-electron chi connectivity index (χ2n) is 3.89. The molecule has 3 nitrogen and oxygen atoms in total. The standard InChI is InChI=1S/C11H16N2O/c1-11(14-2)9-6-4-3-5-8(9)7-10(11)13-12/h3-6,10,13H,7,12H2,1-2H3/t10-,11+/m0/s1. The van der Waals surface area contributed by atoms with E-state index < -0.39 is 0 Å². The van der Waals surface area contributed by atoms with Gasteiger partial charge in [0.05, 0.1) is 6.04 Å². The molecule has 1 aliphatic rings. The highest BCUT2D eigenvalue weighted by Crippen LogP contribution is 2.38. The van der Waals surface area contributed by atoms with Crippen molar-refractivity contribution in [2.75, 3.05) is 7.11 Å². The van der Waals surface area contributed by atoms with Crippen LogP contribution in [-0.4, -0.2) is 13.2 Å². The molecule has 3 heteroatoms. The Kier molecular flexibility index (Phi) is 2.31. The van der Waals surface area contributed by atoms with E-state index >= 15 is 0 Å². The van der Waals surface area contributed by atoms with Gasteiger partial charge in [-0.25, -0.2) is 0 Å². The molecule has 2 rings (SSSR count). The summed E-state index contributed by atoms with van der Waals surface area (Å²) >= 11 is 0. The molecular formula is C11H16N2O. The first kappa shape index (κ1) is 9.65. The third-order valence-electron chi connectivity index (χ3n) is 3.27. The van der Waals surface area contributed by atoms with Crippen molar-refractivity contribution in [1.82, 2.24) is 5.43 Å². The maximum absolute atomic E-state index is 5.59. The monoisotopic (exact) mass is 192 g/mol. The summed E-state index contributed by atoms with van der Waals surface area (Å²) < 4.78 is 5.59. The maximum Gasteiger partial charge on any atom is 0.107 e. The van der Waals surface area contributed by atoms with Crippen molar-refractivity contribution in [3.8, 4) is 0 Å². The minimum absolute atomic E-state index is 0.157. The molecule has 0 heterocycles. The summed E-state index contributed by atoms with van der Waals surface area (Å²) in [5, 5.41) is 0. The molecule has 0 unspecified atom stereocenters. The van der Waals surface area contributed by atoms with Crippen molar-refractivity contribution in [3.05, 3.63) is 35.4 Å². The summed E-state index contributed by atoms with van der Waals surface area (Å²) in [7, 11) is 1.73. The molecular weight excluding hydrogens is 176 g/mol. The molecule has 76 valence electrons. The molecule has 14 heavy (non-hydrogen) atoms. The van der Waals surface area contributed by atoms with E-state index in [9.17, 15) is 0 Å². The Morgan fingerprint density at radius 1 is 1.50 bits per heavy atom. The first-order valence-electron chi connectivity index (χ1n) is 4.82. The summed E-state index contributed by atoms with van der Waals surface area (Å²) in [6.45, 7) is 2.07. The normalized spacial score (nSPS) is 30.4. The second-order valence-corrected chi connectivity index (χ2v) is 3.89. The van der Waals surface area contributed by atoms with Gasteiger partial charge in [-0.15, -0.1) is 0 Å². The van der Waals surface area contributed by atoms with Gasteiger partial charge in [-0.05, 0) is 24.5 Å². The fraction of sp³-hybridized carbons (Fsp3) is 0.455. The molecule has 3 N–H and O–H groups in total. The zero-order valence-corrected chi connectivity index (χ0v) is 8.58. The second kappa shape index (κ2) is 3.35. The lowest BCUT2D eigenvalue weighted by molar-refractivity contribution is -0.0207. The van der Waals surface area contributed by atoms with E-state index in [0.717, 1.165) is 6.42 Å². The van der Waals surface area contributed by atoms with Crippen molar-refractivity contribution in [1.29, 1.82) is 0 Å². The first-order chi connectivity index (χ1) is 6.72. The van der Waals surface area contributed by atoms with Crippen LogP contribution in [-0.2, 0) is 16.8 Å². The number of rotatable bonds is 2. The van der Waals surface area contributed by atoms with Gasteiger partial charge >= 0.3 is 0 Å². The van der Waals surface area contributed by atoms with Crippen molar-refractivity contribution < 1.29 is 4.74 Å². The highest BCUT2D eigenvalue weighted by Gasteiger charge is 2.42. The van der Waals surface area contributed by atoms with Gasteiger partial charge < -0.3 is 4.74 Å². The Balaban J connectivity index is 2.47. The largest absolute Gasteiger partial charge is 0.372 e. The predicted octanol–water partition coefficient (Wildman–Crippen LogP) is 0.936. The van der Waals surface area contributed by atoms with E-state index in [2.05, 4.69) is 24.5 Å². The molecule has 0 spiro atoms. The molecule has 0 radical (unpaired) electrons. The van der Waals surface area contributed by atoms with Gasteiger partial charge in [-0.2, -0.15) is 0 Å². The van der Waals surface area contributed by atoms with Crippen LogP contribution in [0.4, 0.5) is 0 Å². The molecule has 1 aromatic carbocycles. The highest BCUT2D eigenvalue weighted by molar-refractivity contribution is 5.39. The average molecular weight is 192 g/mol. The van der Waals surface area contributed by atoms with E-state index in [1.54, 1.807) is 7.11 Å². The van der Waals surface area contributed by atoms with Crippen LogP contribution in [0.3, 0.4) is 0 Å². The number of nitrogens with one attached hydrogen (secondary N) is 1. The SMILES string of the molecule is CO[C@]1(C)c2ccccc2C[C@@H]1NN. The topological polar surface area (TPSA) is 47.3 Å². The molecule has 1 aliphatic carbocycles. The molecule has 0 bridgehead atoms. The van der Waals surface area contributed by atoms with Gasteiger partial charge in [0.1, 0.15) is 5.60 Å².